The van der Waals surface area contributed by atoms with Crippen molar-refractivity contribution < 1.29 is 15.3 Å². The highest BCUT2D eigenvalue weighted by atomic mass is 16.3. The van der Waals surface area contributed by atoms with Crippen molar-refractivity contribution in [3.05, 3.63) is 89.5 Å². The molecule has 1 aliphatic carbocycles. The van der Waals surface area contributed by atoms with Gasteiger partial charge in [-0.15, -0.1) is 0 Å². The highest BCUT2D eigenvalue weighted by molar-refractivity contribution is 5.48. The quantitative estimate of drug-likeness (QED) is 0.582. The van der Waals surface area contributed by atoms with E-state index in [1.165, 1.54) is 5.56 Å². The Bertz CT molecular complexity index is 905. The third kappa shape index (κ3) is 3.25. The number of phenols is 3. The SMILES string of the molecule is Oc1ccc(C2CCC(c3ccc(O)cc3)(c3ccccc3O)CC2)cc1. The lowest BCUT2D eigenvalue weighted by Gasteiger charge is -2.41. The molecule has 27 heavy (non-hydrogen) atoms. The molecule has 3 aromatic carbocycles. The zero-order valence-electron chi connectivity index (χ0n) is 15.2. The first-order chi connectivity index (χ1) is 13.1. The van der Waals surface area contributed by atoms with Crippen LogP contribution in [0.25, 0.3) is 0 Å². The van der Waals surface area contributed by atoms with Gasteiger partial charge in [-0.3, -0.25) is 0 Å². The molecule has 0 atom stereocenters. The molecule has 1 fully saturated rings. The topological polar surface area (TPSA) is 60.7 Å². The van der Waals surface area contributed by atoms with E-state index in [9.17, 15) is 15.3 Å². The van der Waals surface area contributed by atoms with E-state index in [1.54, 1.807) is 30.3 Å². The fourth-order valence-corrected chi connectivity index (χ4v) is 4.56. The van der Waals surface area contributed by atoms with Crippen LogP contribution in [0.1, 0.15) is 48.3 Å². The molecule has 0 aliphatic heterocycles. The van der Waals surface area contributed by atoms with Gasteiger partial charge in [-0.05, 0) is 73.1 Å². The van der Waals surface area contributed by atoms with Crippen molar-refractivity contribution in [1.29, 1.82) is 0 Å². The van der Waals surface area contributed by atoms with Gasteiger partial charge < -0.3 is 15.3 Å². The molecule has 0 unspecified atom stereocenters. The number of hydrogen-bond donors (Lipinski definition) is 3. The summed E-state index contributed by atoms with van der Waals surface area (Å²) in [4.78, 5) is 0. The lowest BCUT2D eigenvalue weighted by Crippen LogP contribution is -2.32. The van der Waals surface area contributed by atoms with E-state index >= 15 is 0 Å². The molecular weight excluding hydrogens is 336 g/mol. The summed E-state index contributed by atoms with van der Waals surface area (Å²) in [7, 11) is 0. The third-order valence-electron chi connectivity index (χ3n) is 6.04. The van der Waals surface area contributed by atoms with Gasteiger partial charge in [0.1, 0.15) is 17.2 Å². The van der Waals surface area contributed by atoms with Crippen molar-refractivity contribution in [2.24, 2.45) is 0 Å². The molecule has 0 heterocycles. The van der Waals surface area contributed by atoms with Gasteiger partial charge in [0, 0.05) is 11.0 Å². The van der Waals surface area contributed by atoms with Crippen LogP contribution in [0.4, 0.5) is 0 Å². The van der Waals surface area contributed by atoms with Crippen molar-refractivity contribution >= 4 is 0 Å². The fourth-order valence-electron chi connectivity index (χ4n) is 4.56. The van der Waals surface area contributed by atoms with Gasteiger partial charge in [0.05, 0.1) is 0 Å². The maximum Gasteiger partial charge on any atom is 0.119 e. The van der Waals surface area contributed by atoms with Crippen LogP contribution in [0, 0.1) is 0 Å². The van der Waals surface area contributed by atoms with Gasteiger partial charge in [-0.1, -0.05) is 42.5 Å². The summed E-state index contributed by atoms with van der Waals surface area (Å²) in [6.07, 6.45) is 3.84. The van der Waals surface area contributed by atoms with Gasteiger partial charge in [-0.25, -0.2) is 0 Å². The second kappa shape index (κ2) is 6.99. The van der Waals surface area contributed by atoms with Crippen molar-refractivity contribution in [3.63, 3.8) is 0 Å². The second-order valence-electron chi connectivity index (χ2n) is 7.51. The van der Waals surface area contributed by atoms with Gasteiger partial charge in [-0.2, -0.15) is 0 Å². The smallest absolute Gasteiger partial charge is 0.119 e. The van der Waals surface area contributed by atoms with Crippen LogP contribution in [0.5, 0.6) is 17.2 Å². The van der Waals surface area contributed by atoms with E-state index in [4.69, 9.17) is 0 Å². The molecule has 0 radical (unpaired) electrons. The molecule has 0 aromatic heterocycles. The minimum Gasteiger partial charge on any atom is -0.508 e. The number of rotatable bonds is 3. The van der Waals surface area contributed by atoms with Crippen molar-refractivity contribution in [1.82, 2.24) is 0 Å². The molecule has 1 saturated carbocycles. The van der Waals surface area contributed by atoms with E-state index in [2.05, 4.69) is 0 Å². The Kier molecular flexibility index (Phi) is 4.53. The predicted octanol–water partition coefficient (Wildman–Crippen LogP) is 5.45. The summed E-state index contributed by atoms with van der Waals surface area (Å²) in [5.74, 6) is 1.32. The number of hydrogen-bond acceptors (Lipinski definition) is 3. The summed E-state index contributed by atoms with van der Waals surface area (Å²) in [6.45, 7) is 0. The molecule has 0 saturated heterocycles. The Morgan fingerprint density at radius 1 is 0.667 bits per heavy atom. The molecule has 3 heteroatoms. The largest absolute Gasteiger partial charge is 0.508 e. The van der Waals surface area contributed by atoms with Gasteiger partial charge in [0.2, 0.25) is 0 Å². The zero-order valence-corrected chi connectivity index (χ0v) is 15.2. The molecule has 1 aliphatic rings. The fraction of sp³-hybridized carbons (Fsp3) is 0.250. The molecule has 138 valence electrons. The van der Waals surface area contributed by atoms with Crippen molar-refractivity contribution in [2.75, 3.05) is 0 Å². The summed E-state index contributed by atoms with van der Waals surface area (Å²) in [5, 5.41) is 29.8. The minimum absolute atomic E-state index is 0.254. The number of phenolic OH excluding ortho intramolecular Hbond substituents is 3. The Morgan fingerprint density at radius 2 is 1.22 bits per heavy atom. The first-order valence-corrected chi connectivity index (χ1v) is 9.45. The summed E-state index contributed by atoms with van der Waals surface area (Å²) in [5.41, 5.74) is 3.09. The van der Waals surface area contributed by atoms with Crippen LogP contribution in [-0.4, -0.2) is 15.3 Å². The van der Waals surface area contributed by atoms with Crippen molar-refractivity contribution in [3.8, 4) is 17.2 Å². The first kappa shape index (κ1) is 17.5. The van der Waals surface area contributed by atoms with Crippen LogP contribution >= 0.6 is 0 Å². The Morgan fingerprint density at radius 3 is 1.81 bits per heavy atom. The highest BCUT2D eigenvalue weighted by Crippen LogP contribution is 2.51. The average Bonchev–Trinajstić information content (AvgIpc) is 2.70. The third-order valence-corrected chi connectivity index (χ3v) is 6.04. The number of para-hydroxylation sites is 1. The summed E-state index contributed by atoms with van der Waals surface area (Å²) >= 11 is 0. The monoisotopic (exact) mass is 360 g/mol. The van der Waals surface area contributed by atoms with Gasteiger partial charge >= 0.3 is 0 Å². The first-order valence-electron chi connectivity index (χ1n) is 9.45. The molecule has 0 amide bonds. The van der Waals surface area contributed by atoms with E-state index in [-0.39, 0.29) is 11.2 Å². The van der Waals surface area contributed by atoms with E-state index in [0.717, 1.165) is 36.8 Å². The lowest BCUT2D eigenvalue weighted by molar-refractivity contribution is 0.305. The number of aromatic hydroxyl groups is 3. The van der Waals surface area contributed by atoms with Crippen LogP contribution in [0.15, 0.2) is 72.8 Å². The molecule has 3 aromatic rings. The van der Waals surface area contributed by atoms with E-state index in [0.29, 0.717) is 17.4 Å². The molecule has 0 spiro atoms. The summed E-state index contributed by atoms with van der Waals surface area (Å²) < 4.78 is 0. The predicted molar refractivity (Wildman–Crippen MR) is 106 cm³/mol. The zero-order chi connectivity index (χ0) is 18.9. The summed E-state index contributed by atoms with van der Waals surface area (Å²) in [6, 6.07) is 22.5. The van der Waals surface area contributed by atoms with Crippen LogP contribution in [-0.2, 0) is 5.41 Å². The van der Waals surface area contributed by atoms with Crippen molar-refractivity contribution in [2.45, 2.75) is 37.0 Å². The molecule has 4 rings (SSSR count). The Hall–Kier alpha value is -2.94. The molecule has 3 N–H and O–H groups in total. The highest BCUT2D eigenvalue weighted by Gasteiger charge is 2.40. The lowest BCUT2D eigenvalue weighted by atomic mass is 9.62. The standard InChI is InChI=1S/C24H24O3/c25-20-9-5-17(6-10-20)18-13-15-24(16-14-18,19-7-11-21(26)12-8-19)22-3-1-2-4-23(22)27/h1-12,18,25-27H,13-16H2. The molecule has 3 nitrogen and oxygen atoms in total. The maximum atomic E-state index is 10.6. The van der Waals surface area contributed by atoms with E-state index < -0.39 is 0 Å². The van der Waals surface area contributed by atoms with Crippen LogP contribution in [0.2, 0.25) is 0 Å². The Labute approximate surface area is 159 Å². The normalized spacial score (nSPS) is 22.4. The maximum absolute atomic E-state index is 10.6. The average molecular weight is 360 g/mol. The Balaban J connectivity index is 1.70. The molecule has 0 bridgehead atoms. The van der Waals surface area contributed by atoms with Gasteiger partial charge in [0.25, 0.3) is 0 Å². The molecular formula is C24H24O3. The van der Waals surface area contributed by atoms with Gasteiger partial charge in [0.15, 0.2) is 0 Å². The van der Waals surface area contributed by atoms with Crippen LogP contribution < -0.4 is 0 Å². The van der Waals surface area contributed by atoms with E-state index in [1.807, 2.05) is 42.5 Å². The minimum atomic E-state index is -0.257. The number of benzene rings is 3. The van der Waals surface area contributed by atoms with Crippen LogP contribution in [0.3, 0.4) is 0 Å². The second-order valence-corrected chi connectivity index (χ2v) is 7.51.